The van der Waals surface area contributed by atoms with E-state index in [4.69, 9.17) is 21.7 Å². The summed E-state index contributed by atoms with van der Waals surface area (Å²) in [5.41, 5.74) is 1.51. The van der Waals surface area contributed by atoms with Crippen LogP contribution < -0.4 is 9.47 Å². The molecule has 0 spiro atoms. The Labute approximate surface area is 161 Å². The van der Waals surface area contributed by atoms with E-state index in [0.29, 0.717) is 34.3 Å². The van der Waals surface area contributed by atoms with Crippen molar-refractivity contribution in [1.82, 2.24) is 14.9 Å². The summed E-state index contributed by atoms with van der Waals surface area (Å²) in [7, 11) is 1.59. The molecule has 3 rings (SSSR count). The quantitative estimate of drug-likeness (QED) is 0.482. The number of rotatable bonds is 7. The second kappa shape index (κ2) is 8.59. The average molecular weight is 386 g/mol. The highest BCUT2D eigenvalue weighted by atomic mass is 32.1. The zero-order chi connectivity index (χ0) is 19.2. The average Bonchev–Trinajstić information content (AvgIpc) is 3.06. The van der Waals surface area contributed by atoms with E-state index < -0.39 is 0 Å². The van der Waals surface area contributed by atoms with Gasteiger partial charge in [-0.1, -0.05) is 6.92 Å². The molecule has 2 aromatic carbocycles. The third-order valence-corrected chi connectivity index (χ3v) is 3.99. The number of halogens is 1. The Kier molecular flexibility index (Phi) is 5.97. The Bertz CT molecular complexity index is 996. The van der Waals surface area contributed by atoms with Crippen LogP contribution in [-0.2, 0) is 0 Å². The zero-order valence-corrected chi connectivity index (χ0v) is 15.8. The third kappa shape index (κ3) is 4.40. The highest BCUT2D eigenvalue weighted by Gasteiger charge is 2.09. The zero-order valence-electron chi connectivity index (χ0n) is 15.0. The molecule has 8 heteroatoms. The van der Waals surface area contributed by atoms with Crippen LogP contribution >= 0.6 is 12.2 Å². The van der Waals surface area contributed by atoms with Crippen molar-refractivity contribution in [1.29, 1.82) is 0 Å². The summed E-state index contributed by atoms with van der Waals surface area (Å²) in [5.74, 6) is 1.48. The molecule has 0 unspecified atom stereocenters. The molecule has 0 saturated carbocycles. The molecule has 27 heavy (non-hydrogen) atoms. The Hall–Kier alpha value is -3.00. The van der Waals surface area contributed by atoms with Gasteiger partial charge >= 0.3 is 0 Å². The molecule has 0 fully saturated rings. The number of hydrogen-bond donors (Lipinski definition) is 1. The normalized spacial score (nSPS) is 11.1. The van der Waals surface area contributed by atoms with E-state index in [1.807, 2.05) is 25.1 Å². The number of nitrogens with one attached hydrogen (secondary N) is 1. The molecule has 0 aliphatic rings. The number of methoxy groups -OCH3 is 1. The molecule has 1 aromatic heterocycles. The van der Waals surface area contributed by atoms with Crippen LogP contribution in [-0.4, -0.2) is 34.8 Å². The Morgan fingerprint density at radius 3 is 2.70 bits per heavy atom. The first kappa shape index (κ1) is 18.8. The van der Waals surface area contributed by atoms with Gasteiger partial charge in [-0.25, -0.2) is 9.49 Å². The first-order chi connectivity index (χ1) is 13.1. The minimum absolute atomic E-state index is 0.319. The van der Waals surface area contributed by atoms with Crippen LogP contribution in [0.1, 0.15) is 18.9 Å². The van der Waals surface area contributed by atoms with Gasteiger partial charge in [-0.05, 0) is 66.7 Å². The molecule has 0 atom stereocenters. The molecule has 0 radical (unpaired) electrons. The van der Waals surface area contributed by atoms with Crippen molar-refractivity contribution in [2.45, 2.75) is 13.3 Å². The van der Waals surface area contributed by atoms with Crippen LogP contribution in [0.5, 0.6) is 11.5 Å². The second-order valence-electron chi connectivity index (χ2n) is 5.67. The first-order valence-electron chi connectivity index (χ1n) is 8.41. The molecule has 140 valence electrons. The number of nitrogens with zero attached hydrogens (tertiary/aromatic N) is 3. The highest BCUT2D eigenvalue weighted by molar-refractivity contribution is 7.71. The number of aromatic amines is 1. The fourth-order valence-corrected chi connectivity index (χ4v) is 2.58. The molecule has 0 saturated heterocycles. The monoisotopic (exact) mass is 386 g/mol. The first-order valence-corrected chi connectivity index (χ1v) is 8.81. The SMILES string of the molecule is CCCOc1ccc(/C=N\n2c(-c3ccc(F)cc3)n[nH]c2=S)cc1OC. The predicted octanol–water partition coefficient (Wildman–Crippen LogP) is 4.43. The van der Waals surface area contributed by atoms with Crippen molar-refractivity contribution in [3.8, 4) is 22.9 Å². The van der Waals surface area contributed by atoms with Crippen LogP contribution in [0.4, 0.5) is 4.39 Å². The molecule has 1 N–H and O–H groups in total. The summed E-state index contributed by atoms with van der Waals surface area (Å²) in [6, 6.07) is 11.5. The Morgan fingerprint density at radius 1 is 1.22 bits per heavy atom. The molecule has 0 amide bonds. The smallest absolute Gasteiger partial charge is 0.216 e. The summed E-state index contributed by atoms with van der Waals surface area (Å²) in [6.45, 7) is 2.66. The maximum atomic E-state index is 13.2. The maximum absolute atomic E-state index is 13.2. The van der Waals surface area contributed by atoms with Gasteiger partial charge in [0.1, 0.15) is 5.82 Å². The predicted molar refractivity (Wildman–Crippen MR) is 105 cm³/mol. The van der Waals surface area contributed by atoms with Crippen molar-refractivity contribution in [2.75, 3.05) is 13.7 Å². The number of aromatic nitrogens is 3. The van der Waals surface area contributed by atoms with E-state index >= 15 is 0 Å². The van der Waals surface area contributed by atoms with E-state index in [-0.39, 0.29) is 5.82 Å². The van der Waals surface area contributed by atoms with E-state index in [9.17, 15) is 4.39 Å². The van der Waals surface area contributed by atoms with Crippen LogP contribution in [0.25, 0.3) is 11.4 Å². The fourth-order valence-electron chi connectivity index (χ4n) is 2.40. The summed E-state index contributed by atoms with van der Waals surface area (Å²) in [4.78, 5) is 0. The van der Waals surface area contributed by atoms with Crippen molar-refractivity contribution in [3.05, 3.63) is 58.6 Å². The van der Waals surface area contributed by atoms with Crippen LogP contribution in [0.3, 0.4) is 0 Å². The third-order valence-electron chi connectivity index (χ3n) is 3.72. The fraction of sp³-hybridized carbons (Fsp3) is 0.211. The van der Waals surface area contributed by atoms with Gasteiger partial charge in [0.2, 0.25) is 4.77 Å². The lowest BCUT2D eigenvalue weighted by Gasteiger charge is -2.10. The van der Waals surface area contributed by atoms with E-state index in [2.05, 4.69) is 15.3 Å². The number of benzene rings is 2. The minimum atomic E-state index is -0.319. The number of hydrogen-bond acceptors (Lipinski definition) is 5. The number of H-pyrrole nitrogens is 1. The van der Waals surface area contributed by atoms with Crippen LogP contribution in [0, 0.1) is 10.6 Å². The second-order valence-corrected chi connectivity index (χ2v) is 6.06. The lowest BCUT2D eigenvalue weighted by molar-refractivity contribution is 0.294. The largest absolute Gasteiger partial charge is 0.493 e. The van der Waals surface area contributed by atoms with Gasteiger partial charge < -0.3 is 9.47 Å². The van der Waals surface area contributed by atoms with Gasteiger partial charge in [-0.2, -0.15) is 14.9 Å². The Balaban J connectivity index is 1.89. The Morgan fingerprint density at radius 2 is 2.00 bits per heavy atom. The van der Waals surface area contributed by atoms with Crippen LogP contribution in [0.15, 0.2) is 47.6 Å². The molecule has 0 aliphatic carbocycles. The summed E-state index contributed by atoms with van der Waals surface area (Å²) < 4.78 is 26.0. The molecule has 3 aromatic rings. The van der Waals surface area contributed by atoms with Crippen molar-refractivity contribution in [2.24, 2.45) is 5.10 Å². The van der Waals surface area contributed by atoms with Crippen molar-refractivity contribution in [3.63, 3.8) is 0 Å². The van der Waals surface area contributed by atoms with Gasteiger partial charge in [0.25, 0.3) is 0 Å². The van der Waals surface area contributed by atoms with Crippen LogP contribution in [0.2, 0.25) is 0 Å². The molecule has 0 aliphatic heterocycles. The van der Waals surface area contributed by atoms with E-state index in [1.54, 1.807) is 25.5 Å². The summed E-state index contributed by atoms with van der Waals surface area (Å²) in [5, 5.41) is 11.3. The molecule has 0 bridgehead atoms. The lowest BCUT2D eigenvalue weighted by atomic mass is 10.2. The van der Waals surface area contributed by atoms with Gasteiger partial charge in [0, 0.05) is 5.56 Å². The van der Waals surface area contributed by atoms with Gasteiger partial charge in [0.05, 0.1) is 19.9 Å². The van der Waals surface area contributed by atoms with Gasteiger partial charge in [-0.3, -0.25) is 0 Å². The van der Waals surface area contributed by atoms with Gasteiger partial charge in [-0.15, -0.1) is 0 Å². The number of ether oxygens (including phenoxy) is 2. The highest BCUT2D eigenvalue weighted by Crippen LogP contribution is 2.27. The molecule has 6 nitrogen and oxygen atoms in total. The van der Waals surface area contributed by atoms with Gasteiger partial charge in [0.15, 0.2) is 17.3 Å². The molecular weight excluding hydrogens is 367 g/mol. The van der Waals surface area contributed by atoms with E-state index in [1.165, 1.54) is 16.8 Å². The summed E-state index contributed by atoms with van der Waals surface area (Å²) >= 11 is 5.24. The van der Waals surface area contributed by atoms with Crippen molar-refractivity contribution >= 4 is 18.4 Å². The molecular formula is C19H19FN4O2S. The molecule has 1 heterocycles. The summed E-state index contributed by atoms with van der Waals surface area (Å²) in [6.07, 6.45) is 2.56. The van der Waals surface area contributed by atoms with E-state index in [0.717, 1.165) is 12.0 Å². The maximum Gasteiger partial charge on any atom is 0.216 e. The standard InChI is InChI=1S/C19H19FN4O2S/c1-3-10-26-16-9-4-13(11-17(16)25-2)12-21-24-18(22-23-19(24)27)14-5-7-15(20)8-6-14/h4-9,11-12H,3,10H2,1-2H3,(H,23,27)/b21-12-. The van der Waals surface area contributed by atoms with Crippen molar-refractivity contribution < 1.29 is 13.9 Å². The lowest BCUT2D eigenvalue weighted by Crippen LogP contribution is -1.99. The topological polar surface area (TPSA) is 64.4 Å². The minimum Gasteiger partial charge on any atom is -0.493 e.